The quantitative estimate of drug-likeness (QED) is 0.366. The molecule has 1 unspecified atom stereocenters. The Bertz CT molecular complexity index is 215. The molecule has 0 aromatic heterocycles. The predicted molar refractivity (Wildman–Crippen MR) is 34.0 cm³/mol. The summed E-state index contributed by atoms with van der Waals surface area (Å²) in [5, 5.41) is 0. The Balaban J connectivity index is 2.89. The van der Waals surface area contributed by atoms with E-state index in [4.69, 9.17) is 0 Å². The molecule has 54 valence electrons. The van der Waals surface area contributed by atoms with Gasteiger partial charge < -0.3 is 4.74 Å². The molecule has 1 aliphatic rings. The van der Waals surface area contributed by atoms with Gasteiger partial charge in [0.2, 0.25) is 0 Å². The largest absolute Gasteiger partial charge is 0.389 e. The van der Waals surface area contributed by atoms with Gasteiger partial charge in [-0.1, -0.05) is 6.08 Å². The predicted octanol–water partition coefficient (Wildman–Crippen LogP) is 0.652. The van der Waals surface area contributed by atoms with Gasteiger partial charge in [-0.25, -0.2) is 4.79 Å². The van der Waals surface area contributed by atoms with E-state index in [1.54, 1.807) is 19.9 Å². The number of hydrogen-bond donors (Lipinski definition) is 0. The van der Waals surface area contributed by atoms with E-state index in [1.165, 1.54) is 0 Å². The lowest BCUT2D eigenvalue weighted by atomic mass is 10.1. The van der Waals surface area contributed by atoms with Gasteiger partial charge in [0.05, 0.1) is 5.92 Å². The van der Waals surface area contributed by atoms with E-state index in [1.807, 2.05) is 0 Å². The highest BCUT2D eigenvalue weighted by atomic mass is 16.6. The number of carbonyl (C=O) groups is 2. The fourth-order valence-electron chi connectivity index (χ4n) is 0.776. The van der Waals surface area contributed by atoms with Crippen LogP contribution in [0.1, 0.15) is 13.8 Å². The van der Waals surface area contributed by atoms with Crippen LogP contribution in [0.5, 0.6) is 0 Å². The number of carbonyl (C=O) groups excluding carboxylic acids is 2. The Morgan fingerprint density at radius 1 is 1.50 bits per heavy atom. The third-order valence-electron chi connectivity index (χ3n) is 1.39. The van der Waals surface area contributed by atoms with Gasteiger partial charge in [-0.05, 0) is 13.8 Å². The molecule has 0 aliphatic carbocycles. The fraction of sp³-hybridized carbons (Fsp3) is 0.429. The smallest absolute Gasteiger partial charge is 0.341 e. The molecule has 0 saturated heterocycles. The minimum absolute atomic E-state index is 0.280. The summed E-state index contributed by atoms with van der Waals surface area (Å²) in [5.41, 5.74) is 0.507. The van der Waals surface area contributed by atoms with Crippen molar-refractivity contribution in [3.05, 3.63) is 11.6 Å². The number of esters is 2. The van der Waals surface area contributed by atoms with Crippen LogP contribution in [0.4, 0.5) is 0 Å². The van der Waals surface area contributed by atoms with Crippen molar-refractivity contribution in [2.75, 3.05) is 0 Å². The summed E-state index contributed by atoms with van der Waals surface area (Å²) in [6, 6.07) is 0. The van der Waals surface area contributed by atoms with Crippen LogP contribution in [-0.4, -0.2) is 11.9 Å². The zero-order valence-electron chi connectivity index (χ0n) is 5.88. The second-order valence-electron chi connectivity index (χ2n) is 2.35. The summed E-state index contributed by atoms with van der Waals surface area (Å²) in [7, 11) is 0. The van der Waals surface area contributed by atoms with Crippen molar-refractivity contribution in [2.24, 2.45) is 5.92 Å². The third kappa shape index (κ3) is 1.07. The molecule has 0 amide bonds. The van der Waals surface area contributed by atoms with Crippen molar-refractivity contribution >= 4 is 11.9 Å². The number of ether oxygens (including phenoxy) is 1. The van der Waals surface area contributed by atoms with Crippen molar-refractivity contribution in [2.45, 2.75) is 13.8 Å². The summed E-state index contributed by atoms with van der Waals surface area (Å²) < 4.78 is 4.36. The molecule has 0 N–H and O–H groups in total. The van der Waals surface area contributed by atoms with Crippen LogP contribution in [0.25, 0.3) is 0 Å². The lowest BCUT2D eigenvalue weighted by Gasteiger charge is -2.12. The van der Waals surface area contributed by atoms with E-state index < -0.39 is 11.9 Å². The number of hydrogen-bond acceptors (Lipinski definition) is 3. The van der Waals surface area contributed by atoms with Crippen molar-refractivity contribution in [1.29, 1.82) is 0 Å². The molecule has 10 heavy (non-hydrogen) atoms. The topological polar surface area (TPSA) is 43.4 Å². The van der Waals surface area contributed by atoms with Crippen LogP contribution in [0.3, 0.4) is 0 Å². The zero-order valence-corrected chi connectivity index (χ0v) is 5.88. The molecule has 1 aliphatic heterocycles. The Hall–Kier alpha value is -1.12. The SMILES string of the molecule is CC1=CC(C)C(=O)OC1=O. The standard InChI is InChI=1S/C7H8O3/c1-4-3-5(2)7(9)10-6(4)8/h3-4H,1-2H3. The number of cyclic esters (lactones) is 2. The van der Waals surface area contributed by atoms with Crippen LogP contribution in [0.15, 0.2) is 11.6 Å². The molecular formula is C7H8O3. The van der Waals surface area contributed by atoms with Crippen LogP contribution in [0.2, 0.25) is 0 Å². The van der Waals surface area contributed by atoms with E-state index >= 15 is 0 Å². The first-order chi connectivity index (χ1) is 4.61. The van der Waals surface area contributed by atoms with E-state index in [2.05, 4.69) is 4.74 Å². The van der Waals surface area contributed by atoms with Gasteiger partial charge in [-0.3, -0.25) is 4.79 Å². The average Bonchev–Trinajstić information content (AvgIpc) is 1.84. The maximum atomic E-state index is 10.7. The molecule has 0 bridgehead atoms. The van der Waals surface area contributed by atoms with E-state index in [0.717, 1.165) is 0 Å². The van der Waals surface area contributed by atoms with Crippen LogP contribution in [-0.2, 0) is 14.3 Å². The Morgan fingerprint density at radius 3 is 2.60 bits per heavy atom. The van der Waals surface area contributed by atoms with Crippen molar-refractivity contribution in [3.63, 3.8) is 0 Å². The lowest BCUT2D eigenvalue weighted by Crippen LogP contribution is -2.23. The second kappa shape index (κ2) is 2.25. The van der Waals surface area contributed by atoms with Gasteiger partial charge in [0.15, 0.2) is 0 Å². The monoisotopic (exact) mass is 140 g/mol. The van der Waals surface area contributed by atoms with Crippen molar-refractivity contribution in [1.82, 2.24) is 0 Å². The minimum Gasteiger partial charge on any atom is -0.389 e. The van der Waals surface area contributed by atoms with E-state index in [-0.39, 0.29) is 5.92 Å². The maximum absolute atomic E-state index is 10.7. The molecule has 1 heterocycles. The average molecular weight is 140 g/mol. The van der Waals surface area contributed by atoms with Gasteiger partial charge in [0.25, 0.3) is 0 Å². The minimum atomic E-state index is -0.525. The Morgan fingerprint density at radius 2 is 2.10 bits per heavy atom. The molecule has 0 aromatic carbocycles. The molecule has 1 rings (SSSR count). The first kappa shape index (κ1) is 6.99. The summed E-state index contributed by atoms with van der Waals surface area (Å²) in [5.74, 6) is -1.27. The number of rotatable bonds is 0. The van der Waals surface area contributed by atoms with Gasteiger partial charge in [-0.15, -0.1) is 0 Å². The summed E-state index contributed by atoms with van der Waals surface area (Å²) >= 11 is 0. The first-order valence-corrected chi connectivity index (χ1v) is 3.05. The molecule has 0 radical (unpaired) electrons. The highest BCUT2D eigenvalue weighted by molar-refractivity contribution is 6.00. The fourth-order valence-corrected chi connectivity index (χ4v) is 0.776. The second-order valence-corrected chi connectivity index (χ2v) is 2.35. The summed E-state index contributed by atoms with van der Waals surface area (Å²) in [4.78, 5) is 21.3. The van der Waals surface area contributed by atoms with Gasteiger partial charge in [0, 0.05) is 5.57 Å². The van der Waals surface area contributed by atoms with Gasteiger partial charge in [-0.2, -0.15) is 0 Å². The Kier molecular flexibility index (Phi) is 1.57. The highest BCUT2D eigenvalue weighted by Gasteiger charge is 2.23. The molecule has 0 spiro atoms. The lowest BCUT2D eigenvalue weighted by molar-refractivity contribution is -0.160. The zero-order chi connectivity index (χ0) is 7.72. The molecule has 1 atom stereocenters. The molecule has 3 heteroatoms. The van der Waals surface area contributed by atoms with Gasteiger partial charge in [0.1, 0.15) is 0 Å². The van der Waals surface area contributed by atoms with E-state index in [0.29, 0.717) is 5.57 Å². The molecule has 0 saturated carbocycles. The van der Waals surface area contributed by atoms with Crippen LogP contribution < -0.4 is 0 Å². The van der Waals surface area contributed by atoms with Gasteiger partial charge >= 0.3 is 11.9 Å². The molecule has 0 fully saturated rings. The highest BCUT2D eigenvalue weighted by Crippen LogP contribution is 2.12. The Labute approximate surface area is 58.7 Å². The maximum Gasteiger partial charge on any atom is 0.341 e. The molecular weight excluding hydrogens is 132 g/mol. The van der Waals surface area contributed by atoms with Crippen molar-refractivity contribution in [3.8, 4) is 0 Å². The summed E-state index contributed by atoms with van der Waals surface area (Å²) in [6.45, 7) is 3.32. The van der Waals surface area contributed by atoms with Crippen LogP contribution >= 0.6 is 0 Å². The normalized spacial score (nSPS) is 25.8. The van der Waals surface area contributed by atoms with Crippen molar-refractivity contribution < 1.29 is 14.3 Å². The van der Waals surface area contributed by atoms with E-state index in [9.17, 15) is 9.59 Å². The summed E-state index contributed by atoms with van der Waals surface area (Å²) in [6.07, 6.45) is 1.61. The molecule has 0 aromatic rings. The van der Waals surface area contributed by atoms with Crippen LogP contribution in [0, 0.1) is 5.92 Å². The molecule has 3 nitrogen and oxygen atoms in total. The first-order valence-electron chi connectivity index (χ1n) is 3.05. The third-order valence-corrected chi connectivity index (χ3v) is 1.39.